The van der Waals surface area contributed by atoms with Crippen LogP contribution in [0.1, 0.15) is 28.4 Å². The van der Waals surface area contributed by atoms with Crippen LogP contribution in [-0.4, -0.2) is 22.4 Å². The molecule has 1 heterocycles. The molecule has 0 unspecified atom stereocenters. The van der Waals surface area contributed by atoms with E-state index in [0.717, 1.165) is 16.6 Å². The Morgan fingerprint density at radius 3 is 2.69 bits per heavy atom. The maximum atomic E-state index is 12.8. The molecule has 0 aliphatic carbocycles. The van der Waals surface area contributed by atoms with Gasteiger partial charge in [-0.3, -0.25) is 14.9 Å². The summed E-state index contributed by atoms with van der Waals surface area (Å²) in [5.41, 5.74) is 4.51. The predicted octanol–water partition coefficient (Wildman–Crippen LogP) is 5.67. The Morgan fingerprint density at radius 2 is 1.94 bits per heavy atom. The summed E-state index contributed by atoms with van der Waals surface area (Å²) in [5, 5.41) is 14.2. The minimum Gasteiger partial charge on any atom is -0.487 e. The van der Waals surface area contributed by atoms with Crippen molar-refractivity contribution in [1.82, 2.24) is 4.98 Å². The van der Waals surface area contributed by atoms with E-state index in [0.29, 0.717) is 22.7 Å². The van der Waals surface area contributed by atoms with Gasteiger partial charge in [-0.1, -0.05) is 12.1 Å². The molecule has 4 aromatic rings. The number of anilines is 1. The highest BCUT2D eigenvalue weighted by Gasteiger charge is 2.19. The van der Waals surface area contributed by atoms with Gasteiger partial charge in [-0.2, -0.15) is 0 Å². The number of amides is 1. The number of nitro benzene ring substituents is 1. The summed E-state index contributed by atoms with van der Waals surface area (Å²) in [7, 11) is 0. The molecule has 0 aliphatic rings. The van der Waals surface area contributed by atoms with E-state index in [2.05, 4.69) is 10.3 Å². The Hall–Kier alpha value is -4.20. The van der Waals surface area contributed by atoms with Crippen LogP contribution < -0.4 is 10.1 Å². The summed E-state index contributed by atoms with van der Waals surface area (Å²) < 4.78 is 11.1. The van der Waals surface area contributed by atoms with Crippen molar-refractivity contribution < 1.29 is 18.9 Å². The number of oxazole rings is 1. The van der Waals surface area contributed by atoms with Crippen LogP contribution in [0.5, 0.6) is 5.75 Å². The Kier molecular flexibility index (Phi) is 5.59. The molecular formula is C24H21N3O5. The molecule has 162 valence electrons. The molecule has 8 heteroatoms. The molecule has 0 fully saturated rings. The normalized spacial score (nSPS) is 10.8. The number of carbonyl (C=O) groups is 1. The van der Waals surface area contributed by atoms with Crippen molar-refractivity contribution in [3.63, 3.8) is 0 Å². The lowest BCUT2D eigenvalue weighted by Crippen LogP contribution is -2.13. The van der Waals surface area contributed by atoms with E-state index in [-0.39, 0.29) is 23.6 Å². The van der Waals surface area contributed by atoms with Gasteiger partial charge in [0.05, 0.1) is 11.5 Å². The molecule has 8 nitrogen and oxygen atoms in total. The van der Waals surface area contributed by atoms with Gasteiger partial charge in [-0.25, -0.2) is 4.98 Å². The molecule has 0 aliphatic heterocycles. The molecule has 0 atom stereocenters. The number of benzene rings is 3. The first-order valence-electron chi connectivity index (χ1n) is 10.1. The molecule has 32 heavy (non-hydrogen) atoms. The van der Waals surface area contributed by atoms with Crippen molar-refractivity contribution in [3.05, 3.63) is 81.4 Å². The lowest BCUT2D eigenvalue weighted by molar-refractivity contribution is -0.385. The number of nitro groups is 1. The second-order valence-corrected chi connectivity index (χ2v) is 7.35. The van der Waals surface area contributed by atoms with Crippen molar-refractivity contribution in [2.24, 2.45) is 0 Å². The average molecular weight is 431 g/mol. The fourth-order valence-electron chi connectivity index (χ4n) is 3.32. The number of hydrogen-bond donors (Lipinski definition) is 1. The number of aryl methyl sites for hydroxylation is 2. The molecule has 3 aromatic carbocycles. The van der Waals surface area contributed by atoms with Crippen LogP contribution in [0.15, 0.2) is 59.0 Å². The van der Waals surface area contributed by atoms with Crippen molar-refractivity contribution in [2.75, 3.05) is 11.9 Å². The highest BCUT2D eigenvalue weighted by molar-refractivity contribution is 6.05. The predicted molar refractivity (Wildman–Crippen MR) is 121 cm³/mol. The maximum Gasteiger partial charge on any atom is 0.311 e. The number of hydrogen-bond acceptors (Lipinski definition) is 6. The van der Waals surface area contributed by atoms with Gasteiger partial charge in [0.2, 0.25) is 5.89 Å². The standard InChI is InChI=1S/C24H21N3O5/c1-4-31-22-10-8-16(13-20(22)27(29)30)23(28)25-18-12-17(7-6-15(18)3)24-26-19-11-14(2)5-9-21(19)32-24/h5-13H,4H2,1-3H3,(H,25,28). The van der Waals surface area contributed by atoms with Crippen LogP contribution in [0.3, 0.4) is 0 Å². The zero-order chi connectivity index (χ0) is 22.8. The van der Waals surface area contributed by atoms with E-state index in [9.17, 15) is 14.9 Å². The number of nitrogens with one attached hydrogen (secondary N) is 1. The quantitative estimate of drug-likeness (QED) is 0.311. The SMILES string of the molecule is CCOc1ccc(C(=O)Nc2cc(-c3nc4cc(C)ccc4o3)ccc2C)cc1[N+](=O)[O-]. The third-order valence-corrected chi connectivity index (χ3v) is 4.99. The van der Waals surface area contributed by atoms with Gasteiger partial charge < -0.3 is 14.5 Å². The van der Waals surface area contributed by atoms with Crippen LogP contribution in [0.25, 0.3) is 22.6 Å². The highest BCUT2D eigenvalue weighted by Crippen LogP contribution is 2.30. The van der Waals surface area contributed by atoms with Gasteiger partial charge in [-0.05, 0) is 68.3 Å². The van der Waals surface area contributed by atoms with Gasteiger partial charge in [0, 0.05) is 22.9 Å². The van der Waals surface area contributed by atoms with Crippen LogP contribution >= 0.6 is 0 Å². The molecule has 0 saturated heterocycles. The van der Waals surface area contributed by atoms with Gasteiger partial charge in [0.25, 0.3) is 5.91 Å². The van der Waals surface area contributed by atoms with Crippen molar-refractivity contribution >= 4 is 28.4 Å². The third kappa shape index (κ3) is 4.15. The van der Waals surface area contributed by atoms with E-state index < -0.39 is 10.8 Å². The molecule has 0 spiro atoms. The summed E-state index contributed by atoms with van der Waals surface area (Å²) in [6, 6.07) is 15.4. The number of aromatic nitrogens is 1. The Labute approximate surface area is 184 Å². The Balaban J connectivity index is 1.63. The third-order valence-electron chi connectivity index (χ3n) is 4.99. The van der Waals surface area contributed by atoms with E-state index in [4.69, 9.17) is 9.15 Å². The number of carbonyl (C=O) groups excluding carboxylic acids is 1. The summed E-state index contributed by atoms with van der Waals surface area (Å²) in [6.07, 6.45) is 0. The van der Waals surface area contributed by atoms with Crippen molar-refractivity contribution in [3.8, 4) is 17.2 Å². The second-order valence-electron chi connectivity index (χ2n) is 7.35. The largest absolute Gasteiger partial charge is 0.487 e. The molecule has 0 saturated carbocycles. The lowest BCUT2D eigenvalue weighted by atomic mass is 10.1. The number of nitrogens with zero attached hydrogens (tertiary/aromatic N) is 2. The lowest BCUT2D eigenvalue weighted by Gasteiger charge is -2.11. The molecule has 0 bridgehead atoms. The van der Waals surface area contributed by atoms with Crippen LogP contribution in [0, 0.1) is 24.0 Å². The van der Waals surface area contributed by atoms with Crippen molar-refractivity contribution in [1.29, 1.82) is 0 Å². The highest BCUT2D eigenvalue weighted by atomic mass is 16.6. The monoisotopic (exact) mass is 431 g/mol. The Morgan fingerprint density at radius 1 is 1.12 bits per heavy atom. The fourth-order valence-corrected chi connectivity index (χ4v) is 3.32. The summed E-state index contributed by atoms with van der Waals surface area (Å²) in [4.78, 5) is 28.2. The molecule has 0 radical (unpaired) electrons. The first-order valence-corrected chi connectivity index (χ1v) is 10.1. The van der Waals surface area contributed by atoms with E-state index >= 15 is 0 Å². The van der Waals surface area contributed by atoms with Crippen LogP contribution in [0.2, 0.25) is 0 Å². The topological polar surface area (TPSA) is 108 Å². The zero-order valence-corrected chi connectivity index (χ0v) is 17.8. The number of ether oxygens (including phenoxy) is 1. The number of fused-ring (bicyclic) bond motifs is 1. The van der Waals surface area contributed by atoms with Gasteiger partial charge in [0.1, 0.15) is 5.52 Å². The minimum atomic E-state index is -0.567. The minimum absolute atomic E-state index is 0.124. The molecular weight excluding hydrogens is 410 g/mol. The van der Waals surface area contributed by atoms with E-state index in [1.54, 1.807) is 13.0 Å². The maximum absolute atomic E-state index is 12.8. The Bertz CT molecular complexity index is 1340. The first-order chi connectivity index (χ1) is 15.4. The van der Waals surface area contributed by atoms with Crippen molar-refractivity contribution in [2.45, 2.75) is 20.8 Å². The molecule has 1 aromatic heterocycles. The van der Waals surface area contributed by atoms with Gasteiger partial charge >= 0.3 is 5.69 Å². The summed E-state index contributed by atoms with van der Waals surface area (Å²) in [5.74, 6) is 0.0980. The van der Waals surface area contributed by atoms with Crippen LogP contribution in [0.4, 0.5) is 11.4 Å². The van der Waals surface area contributed by atoms with Crippen LogP contribution in [-0.2, 0) is 0 Å². The zero-order valence-electron chi connectivity index (χ0n) is 17.8. The molecule has 1 amide bonds. The second kappa shape index (κ2) is 8.50. The van der Waals surface area contributed by atoms with E-state index in [1.807, 2.05) is 44.2 Å². The molecule has 4 rings (SSSR count). The van der Waals surface area contributed by atoms with Gasteiger partial charge in [0.15, 0.2) is 11.3 Å². The molecule has 1 N–H and O–H groups in total. The average Bonchev–Trinajstić information content (AvgIpc) is 3.18. The summed E-state index contributed by atoms with van der Waals surface area (Å²) >= 11 is 0. The first kappa shape index (κ1) is 21.0. The van der Waals surface area contributed by atoms with Gasteiger partial charge in [-0.15, -0.1) is 0 Å². The van der Waals surface area contributed by atoms with E-state index in [1.165, 1.54) is 18.2 Å². The smallest absolute Gasteiger partial charge is 0.311 e. The summed E-state index contributed by atoms with van der Waals surface area (Å²) in [6.45, 7) is 5.86. The fraction of sp³-hybridized carbons (Fsp3) is 0.167. The number of rotatable bonds is 6.